The van der Waals surface area contributed by atoms with E-state index in [1.54, 1.807) is 19.2 Å². The summed E-state index contributed by atoms with van der Waals surface area (Å²) in [6.07, 6.45) is 0. The Bertz CT molecular complexity index is 583. The minimum Gasteiger partial charge on any atom is -0.494 e. The first-order valence-corrected chi connectivity index (χ1v) is 6.66. The fourth-order valence-electron chi connectivity index (χ4n) is 1.77. The van der Waals surface area contributed by atoms with E-state index in [4.69, 9.17) is 10.5 Å². The molecule has 0 radical (unpaired) electrons. The SMILES string of the molecule is CNc1nc(-c2ccc(OC)c(F)c2)c(C(C)N)s1. The fourth-order valence-corrected chi connectivity index (χ4v) is 2.66. The maximum Gasteiger partial charge on any atom is 0.183 e. The van der Waals surface area contributed by atoms with Gasteiger partial charge in [0.05, 0.1) is 17.7 Å². The number of nitrogens with two attached hydrogens (primary N) is 1. The van der Waals surface area contributed by atoms with Gasteiger partial charge in [0, 0.05) is 18.7 Å². The van der Waals surface area contributed by atoms with Gasteiger partial charge in [0.1, 0.15) is 0 Å². The van der Waals surface area contributed by atoms with Crippen molar-refractivity contribution in [2.75, 3.05) is 19.5 Å². The number of methoxy groups -OCH3 is 1. The minimum atomic E-state index is -0.408. The van der Waals surface area contributed by atoms with Crippen molar-refractivity contribution in [3.05, 3.63) is 28.9 Å². The Morgan fingerprint density at radius 1 is 1.47 bits per heavy atom. The number of benzene rings is 1. The molecular formula is C13H16FN3OS. The standard InChI is InChI=1S/C13H16FN3OS/c1-7(15)12-11(17-13(16-2)19-12)8-4-5-10(18-3)9(14)6-8/h4-7H,15H2,1-3H3,(H,16,17). The van der Waals surface area contributed by atoms with E-state index in [-0.39, 0.29) is 11.8 Å². The molecule has 6 heteroatoms. The van der Waals surface area contributed by atoms with Gasteiger partial charge < -0.3 is 15.8 Å². The van der Waals surface area contributed by atoms with Crippen molar-refractivity contribution >= 4 is 16.5 Å². The predicted molar refractivity (Wildman–Crippen MR) is 76.2 cm³/mol. The molecule has 0 saturated heterocycles. The summed E-state index contributed by atoms with van der Waals surface area (Å²) in [4.78, 5) is 5.36. The number of aromatic nitrogens is 1. The number of ether oxygens (including phenoxy) is 1. The first kappa shape index (κ1) is 13.8. The largest absolute Gasteiger partial charge is 0.494 e. The molecule has 19 heavy (non-hydrogen) atoms. The lowest BCUT2D eigenvalue weighted by atomic mass is 10.1. The lowest BCUT2D eigenvalue weighted by molar-refractivity contribution is 0.386. The second kappa shape index (κ2) is 5.54. The number of hydrogen-bond donors (Lipinski definition) is 2. The number of hydrogen-bond acceptors (Lipinski definition) is 5. The Morgan fingerprint density at radius 2 is 2.21 bits per heavy atom. The predicted octanol–water partition coefficient (Wildman–Crippen LogP) is 3.02. The molecule has 2 aromatic rings. The highest BCUT2D eigenvalue weighted by Crippen LogP contribution is 2.35. The highest BCUT2D eigenvalue weighted by molar-refractivity contribution is 7.16. The van der Waals surface area contributed by atoms with Crippen LogP contribution < -0.4 is 15.8 Å². The van der Waals surface area contributed by atoms with Gasteiger partial charge in [0.25, 0.3) is 0 Å². The Morgan fingerprint density at radius 3 is 2.74 bits per heavy atom. The topological polar surface area (TPSA) is 60.2 Å². The molecular weight excluding hydrogens is 265 g/mol. The van der Waals surface area contributed by atoms with Crippen LogP contribution in [0.1, 0.15) is 17.8 Å². The molecule has 1 atom stereocenters. The molecule has 1 unspecified atom stereocenters. The molecule has 102 valence electrons. The van der Waals surface area contributed by atoms with Crippen LogP contribution in [0.2, 0.25) is 0 Å². The zero-order valence-electron chi connectivity index (χ0n) is 11.0. The van der Waals surface area contributed by atoms with Crippen LogP contribution in [-0.2, 0) is 0 Å². The molecule has 0 aliphatic rings. The fraction of sp³-hybridized carbons (Fsp3) is 0.308. The van der Waals surface area contributed by atoms with E-state index in [1.807, 2.05) is 6.92 Å². The van der Waals surface area contributed by atoms with Gasteiger partial charge in [-0.3, -0.25) is 0 Å². The van der Waals surface area contributed by atoms with E-state index in [2.05, 4.69) is 10.3 Å². The van der Waals surface area contributed by atoms with Crippen LogP contribution in [0.4, 0.5) is 9.52 Å². The third kappa shape index (κ3) is 2.69. The van der Waals surface area contributed by atoms with E-state index in [9.17, 15) is 4.39 Å². The van der Waals surface area contributed by atoms with E-state index in [0.29, 0.717) is 11.3 Å². The molecule has 0 spiro atoms. The smallest absolute Gasteiger partial charge is 0.183 e. The van der Waals surface area contributed by atoms with Gasteiger partial charge in [-0.2, -0.15) is 0 Å². The Balaban J connectivity index is 2.51. The lowest BCUT2D eigenvalue weighted by Crippen LogP contribution is -2.04. The van der Waals surface area contributed by atoms with Gasteiger partial charge in [-0.15, -0.1) is 0 Å². The monoisotopic (exact) mass is 281 g/mol. The van der Waals surface area contributed by atoms with E-state index < -0.39 is 5.82 Å². The molecule has 0 amide bonds. The number of rotatable bonds is 4. The van der Waals surface area contributed by atoms with Gasteiger partial charge in [0.2, 0.25) is 0 Å². The molecule has 1 aromatic carbocycles. The number of halogens is 1. The van der Waals surface area contributed by atoms with Gasteiger partial charge >= 0.3 is 0 Å². The summed E-state index contributed by atoms with van der Waals surface area (Å²) in [6.45, 7) is 1.89. The van der Waals surface area contributed by atoms with Crippen LogP contribution in [-0.4, -0.2) is 19.1 Å². The second-order valence-corrected chi connectivity index (χ2v) is 5.15. The maximum absolute atomic E-state index is 13.8. The molecule has 0 aliphatic carbocycles. The van der Waals surface area contributed by atoms with Crippen molar-refractivity contribution in [1.29, 1.82) is 0 Å². The molecule has 3 N–H and O–H groups in total. The summed E-state index contributed by atoms with van der Waals surface area (Å²) in [7, 11) is 3.23. The van der Waals surface area contributed by atoms with E-state index in [0.717, 1.165) is 10.0 Å². The first-order valence-electron chi connectivity index (χ1n) is 5.84. The average Bonchev–Trinajstić information content (AvgIpc) is 2.83. The number of thiazole rings is 1. The highest BCUT2D eigenvalue weighted by Gasteiger charge is 2.17. The summed E-state index contributed by atoms with van der Waals surface area (Å²) in [6, 6.07) is 4.63. The van der Waals surface area contributed by atoms with Crippen LogP contribution in [0, 0.1) is 5.82 Å². The van der Waals surface area contributed by atoms with Gasteiger partial charge in [-0.25, -0.2) is 9.37 Å². The summed E-state index contributed by atoms with van der Waals surface area (Å²) in [5.74, 6) is -0.190. The third-order valence-corrected chi connectivity index (χ3v) is 3.98. The number of nitrogens with zero attached hydrogens (tertiary/aromatic N) is 1. The molecule has 2 rings (SSSR count). The third-order valence-electron chi connectivity index (χ3n) is 2.71. The average molecular weight is 281 g/mol. The van der Waals surface area contributed by atoms with Gasteiger partial charge in [-0.1, -0.05) is 11.3 Å². The maximum atomic E-state index is 13.8. The molecule has 1 aromatic heterocycles. The molecule has 0 bridgehead atoms. The van der Waals surface area contributed by atoms with Crippen LogP contribution >= 0.6 is 11.3 Å². The zero-order chi connectivity index (χ0) is 14.0. The molecule has 0 aliphatic heterocycles. The lowest BCUT2D eigenvalue weighted by Gasteiger charge is -2.07. The van der Waals surface area contributed by atoms with Gasteiger partial charge in [0.15, 0.2) is 16.7 Å². The Hall–Kier alpha value is -1.66. The Labute approximate surface area is 115 Å². The molecule has 1 heterocycles. The number of nitrogens with one attached hydrogen (secondary N) is 1. The van der Waals surface area contributed by atoms with Crippen molar-refractivity contribution in [2.24, 2.45) is 5.73 Å². The molecule has 0 saturated carbocycles. The minimum absolute atomic E-state index is 0.153. The van der Waals surface area contributed by atoms with Crippen LogP contribution in [0.15, 0.2) is 18.2 Å². The van der Waals surface area contributed by atoms with E-state index in [1.165, 1.54) is 24.5 Å². The zero-order valence-corrected chi connectivity index (χ0v) is 11.8. The normalized spacial score (nSPS) is 12.3. The summed E-state index contributed by atoms with van der Waals surface area (Å²) in [5.41, 5.74) is 7.35. The van der Waals surface area contributed by atoms with Crippen LogP contribution in [0.3, 0.4) is 0 Å². The number of anilines is 1. The summed E-state index contributed by atoms with van der Waals surface area (Å²) >= 11 is 1.48. The first-order chi connectivity index (χ1) is 9.06. The Kier molecular flexibility index (Phi) is 4.01. The van der Waals surface area contributed by atoms with Crippen molar-refractivity contribution in [3.63, 3.8) is 0 Å². The summed E-state index contributed by atoms with van der Waals surface area (Å²) < 4.78 is 18.7. The summed E-state index contributed by atoms with van der Waals surface area (Å²) in [5, 5.41) is 3.75. The van der Waals surface area contributed by atoms with Gasteiger partial charge in [-0.05, 0) is 25.1 Å². The quantitative estimate of drug-likeness (QED) is 0.904. The molecule has 4 nitrogen and oxygen atoms in total. The van der Waals surface area contributed by atoms with Crippen molar-refractivity contribution in [2.45, 2.75) is 13.0 Å². The highest BCUT2D eigenvalue weighted by atomic mass is 32.1. The van der Waals surface area contributed by atoms with Crippen LogP contribution in [0.25, 0.3) is 11.3 Å². The van der Waals surface area contributed by atoms with Crippen molar-refractivity contribution in [1.82, 2.24) is 4.98 Å². The van der Waals surface area contributed by atoms with Crippen LogP contribution in [0.5, 0.6) is 5.75 Å². The van der Waals surface area contributed by atoms with E-state index >= 15 is 0 Å². The second-order valence-electron chi connectivity index (χ2n) is 4.12. The van der Waals surface area contributed by atoms with Crippen molar-refractivity contribution in [3.8, 4) is 17.0 Å². The van der Waals surface area contributed by atoms with Crippen molar-refractivity contribution < 1.29 is 9.13 Å². The molecule has 0 fully saturated rings.